The van der Waals surface area contributed by atoms with Gasteiger partial charge >= 0.3 is 5.97 Å². The number of carboxylic acids is 1. The zero-order valence-electron chi connectivity index (χ0n) is 18.3. The van der Waals surface area contributed by atoms with E-state index < -0.39 is 16.8 Å². The smallest absolute Gasteiger partial charge is 0.309 e. The first kappa shape index (κ1) is 22.8. The molecule has 0 spiro atoms. The zero-order valence-corrected chi connectivity index (χ0v) is 19.1. The first-order valence-corrected chi connectivity index (χ1v) is 10.4. The number of hydrogen-bond acceptors (Lipinski definition) is 3. The summed E-state index contributed by atoms with van der Waals surface area (Å²) in [6.07, 6.45) is 1.78. The molecule has 0 radical (unpaired) electrons. The van der Waals surface area contributed by atoms with Gasteiger partial charge in [-0.3, -0.25) is 14.4 Å². The summed E-state index contributed by atoms with van der Waals surface area (Å²) in [7, 11) is 0. The lowest BCUT2D eigenvalue weighted by Gasteiger charge is -2.22. The summed E-state index contributed by atoms with van der Waals surface area (Å²) < 4.78 is 1.71. The number of nitrogens with zero attached hydrogens (tertiary/aromatic N) is 1. The van der Waals surface area contributed by atoms with Crippen LogP contribution in [-0.4, -0.2) is 27.0 Å². The van der Waals surface area contributed by atoms with Crippen molar-refractivity contribution in [1.29, 1.82) is 0 Å². The van der Waals surface area contributed by atoms with Crippen molar-refractivity contribution >= 4 is 34.7 Å². The van der Waals surface area contributed by atoms with E-state index in [1.165, 1.54) is 0 Å². The largest absolute Gasteiger partial charge is 0.481 e. The van der Waals surface area contributed by atoms with E-state index >= 15 is 0 Å². The van der Waals surface area contributed by atoms with E-state index in [0.717, 1.165) is 0 Å². The summed E-state index contributed by atoms with van der Waals surface area (Å²) in [5, 5.41) is 10.3. The van der Waals surface area contributed by atoms with Crippen molar-refractivity contribution in [3.05, 3.63) is 76.1 Å². The number of hydrogen-bond donors (Lipinski definition) is 1. The van der Waals surface area contributed by atoms with E-state index in [-0.39, 0.29) is 18.0 Å². The van der Waals surface area contributed by atoms with Gasteiger partial charge in [0.15, 0.2) is 11.6 Å². The molecule has 2 aromatic heterocycles. The number of rotatable bonds is 6. The van der Waals surface area contributed by atoms with Crippen LogP contribution in [0.1, 0.15) is 66.6 Å². The molecule has 0 bridgehead atoms. The third-order valence-electron chi connectivity index (χ3n) is 5.37. The Morgan fingerprint density at radius 1 is 0.968 bits per heavy atom. The van der Waals surface area contributed by atoms with Crippen LogP contribution in [-0.2, 0) is 11.2 Å². The van der Waals surface area contributed by atoms with E-state index in [2.05, 4.69) is 0 Å². The molecule has 2 heterocycles. The SMILES string of the molecule is CC(C)(C)C(=O)c1c(CC(C)(C)C(=O)O)c(C(=O)c2ccc(Cl)cc2)c2ccccn12. The Hall–Kier alpha value is -2.92. The van der Waals surface area contributed by atoms with Gasteiger partial charge in [-0.1, -0.05) is 38.4 Å². The summed E-state index contributed by atoms with van der Waals surface area (Å²) in [6, 6.07) is 11.9. The zero-order chi connectivity index (χ0) is 23.1. The van der Waals surface area contributed by atoms with Gasteiger partial charge in [-0.25, -0.2) is 0 Å². The molecule has 162 valence electrons. The Morgan fingerprint density at radius 3 is 2.13 bits per heavy atom. The van der Waals surface area contributed by atoms with Gasteiger partial charge in [0.2, 0.25) is 0 Å². The van der Waals surface area contributed by atoms with Gasteiger partial charge in [-0.15, -0.1) is 0 Å². The maximum Gasteiger partial charge on any atom is 0.309 e. The summed E-state index contributed by atoms with van der Waals surface area (Å²) in [6.45, 7) is 8.62. The third kappa shape index (κ3) is 4.28. The third-order valence-corrected chi connectivity index (χ3v) is 5.62. The number of aromatic nitrogens is 1. The number of aliphatic carboxylic acids is 1. The van der Waals surface area contributed by atoms with Crippen molar-refractivity contribution < 1.29 is 19.5 Å². The molecule has 1 N–H and O–H groups in total. The van der Waals surface area contributed by atoms with Crippen LogP contribution in [0.25, 0.3) is 5.52 Å². The number of pyridine rings is 1. The molecule has 3 aromatic rings. The standard InChI is InChI=1S/C25H26ClNO4/c1-24(2,3)22(29)20-17(14-25(4,5)23(30)31)19(18-8-6-7-13-27(18)20)21(28)15-9-11-16(26)12-10-15/h6-13H,14H2,1-5H3,(H,30,31). The highest BCUT2D eigenvalue weighted by Crippen LogP contribution is 2.35. The van der Waals surface area contributed by atoms with Gasteiger partial charge in [-0.05, 0) is 62.2 Å². The van der Waals surface area contributed by atoms with Crippen LogP contribution in [0.3, 0.4) is 0 Å². The molecular weight excluding hydrogens is 414 g/mol. The Labute approximate surface area is 186 Å². The highest BCUT2D eigenvalue weighted by molar-refractivity contribution is 6.30. The number of Topliss-reactive ketones (excluding diaryl/α,β-unsaturated/α-hetero) is 1. The van der Waals surface area contributed by atoms with Gasteiger partial charge in [0.05, 0.1) is 22.2 Å². The van der Waals surface area contributed by atoms with E-state index in [1.807, 2.05) is 20.8 Å². The monoisotopic (exact) mass is 439 g/mol. The second-order valence-corrected chi connectivity index (χ2v) is 9.88. The fourth-order valence-electron chi connectivity index (χ4n) is 3.55. The molecule has 0 aliphatic rings. The number of benzene rings is 1. The van der Waals surface area contributed by atoms with Crippen molar-refractivity contribution in [2.45, 2.75) is 41.0 Å². The fraction of sp³-hybridized carbons (Fsp3) is 0.320. The molecule has 0 fully saturated rings. The lowest BCUT2D eigenvalue weighted by atomic mass is 9.80. The first-order chi connectivity index (χ1) is 14.3. The Bertz CT molecular complexity index is 1180. The predicted octanol–water partition coefficient (Wildman–Crippen LogP) is 5.71. The summed E-state index contributed by atoms with van der Waals surface area (Å²) in [5.74, 6) is -1.42. The van der Waals surface area contributed by atoms with Gasteiger partial charge in [0.25, 0.3) is 0 Å². The molecule has 0 unspecified atom stereocenters. The second kappa shape index (κ2) is 7.97. The molecule has 1 aromatic carbocycles. The minimum absolute atomic E-state index is 0.0375. The van der Waals surface area contributed by atoms with E-state index in [0.29, 0.717) is 32.9 Å². The summed E-state index contributed by atoms with van der Waals surface area (Å²) in [5.41, 5.74) is 0.272. The van der Waals surface area contributed by atoms with Crippen molar-refractivity contribution in [1.82, 2.24) is 4.40 Å². The molecule has 6 heteroatoms. The number of carbonyl (C=O) groups excluding carboxylic acids is 2. The van der Waals surface area contributed by atoms with Crippen LogP contribution in [0.4, 0.5) is 0 Å². The van der Waals surface area contributed by atoms with Crippen molar-refractivity contribution in [2.75, 3.05) is 0 Å². The van der Waals surface area contributed by atoms with E-state index in [1.54, 1.807) is 66.9 Å². The van der Waals surface area contributed by atoms with Crippen LogP contribution in [0.15, 0.2) is 48.7 Å². The highest BCUT2D eigenvalue weighted by Gasteiger charge is 2.37. The Morgan fingerprint density at radius 2 is 1.58 bits per heavy atom. The number of ketones is 2. The molecule has 0 aliphatic carbocycles. The van der Waals surface area contributed by atoms with Gasteiger partial charge in [0, 0.05) is 22.2 Å². The Kier molecular flexibility index (Phi) is 5.85. The fourth-order valence-corrected chi connectivity index (χ4v) is 3.68. The maximum absolute atomic E-state index is 13.6. The van der Waals surface area contributed by atoms with Crippen molar-refractivity contribution in [3.8, 4) is 0 Å². The van der Waals surface area contributed by atoms with Gasteiger partial charge < -0.3 is 9.51 Å². The van der Waals surface area contributed by atoms with Crippen molar-refractivity contribution in [3.63, 3.8) is 0 Å². The topological polar surface area (TPSA) is 75.8 Å². The van der Waals surface area contributed by atoms with Gasteiger partial charge in [-0.2, -0.15) is 0 Å². The maximum atomic E-state index is 13.6. The molecule has 0 atom stereocenters. The lowest BCUT2D eigenvalue weighted by Crippen LogP contribution is -2.29. The minimum atomic E-state index is -1.17. The molecule has 0 saturated heterocycles. The number of carbonyl (C=O) groups is 3. The summed E-state index contributed by atoms with van der Waals surface area (Å²) >= 11 is 5.98. The second-order valence-electron chi connectivity index (χ2n) is 9.44. The lowest BCUT2D eigenvalue weighted by molar-refractivity contribution is -0.146. The molecule has 0 saturated carbocycles. The van der Waals surface area contributed by atoms with E-state index in [9.17, 15) is 19.5 Å². The number of carboxylic acid groups (broad SMARTS) is 1. The van der Waals surface area contributed by atoms with Crippen LogP contribution < -0.4 is 0 Å². The van der Waals surface area contributed by atoms with Crippen LogP contribution in [0, 0.1) is 10.8 Å². The molecular formula is C25H26ClNO4. The van der Waals surface area contributed by atoms with E-state index in [4.69, 9.17) is 11.6 Å². The average molecular weight is 440 g/mol. The molecule has 0 aliphatic heterocycles. The Balaban J connectivity index is 2.38. The quantitative estimate of drug-likeness (QED) is 0.499. The van der Waals surface area contributed by atoms with Crippen LogP contribution in [0.2, 0.25) is 5.02 Å². The molecule has 31 heavy (non-hydrogen) atoms. The van der Waals surface area contributed by atoms with Crippen molar-refractivity contribution in [2.24, 2.45) is 10.8 Å². The normalized spacial score (nSPS) is 12.2. The van der Waals surface area contributed by atoms with Gasteiger partial charge in [0.1, 0.15) is 0 Å². The number of halogens is 1. The summed E-state index contributed by atoms with van der Waals surface area (Å²) in [4.78, 5) is 39.0. The number of fused-ring (bicyclic) bond motifs is 1. The first-order valence-electron chi connectivity index (χ1n) is 10.0. The minimum Gasteiger partial charge on any atom is -0.481 e. The molecule has 3 rings (SSSR count). The average Bonchev–Trinajstić information content (AvgIpc) is 2.99. The van der Waals surface area contributed by atoms with Crippen LogP contribution >= 0.6 is 11.6 Å². The molecule has 0 amide bonds. The van der Waals surface area contributed by atoms with Crippen LogP contribution in [0.5, 0.6) is 0 Å². The highest BCUT2D eigenvalue weighted by atomic mass is 35.5. The molecule has 5 nitrogen and oxygen atoms in total. The predicted molar refractivity (Wildman–Crippen MR) is 121 cm³/mol.